The lowest BCUT2D eigenvalue weighted by molar-refractivity contribution is 0.183. The molecule has 1 aliphatic carbocycles. The first kappa shape index (κ1) is 10.1. The summed E-state index contributed by atoms with van der Waals surface area (Å²) in [5.41, 5.74) is 2.99. The molecule has 0 saturated heterocycles. The van der Waals surface area contributed by atoms with Crippen molar-refractivity contribution in [2.24, 2.45) is 5.92 Å². The SMILES string of the molecule is OCCN(Cc1cscn1)CC1CC1. The molecule has 0 radical (unpaired) electrons. The summed E-state index contributed by atoms with van der Waals surface area (Å²) in [5.74, 6) is 0.875. The second-order valence-corrected chi connectivity index (χ2v) is 4.60. The number of aliphatic hydroxyl groups excluding tert-OH is 1. The van der Waals surface area contributed by atoms with Gasteiger partial charge in [-0.25, -0.2) is 4.98 Å². The fourth-order valence-corrected chi connectivity index (χ4v) is 2.14. The van der Waals surface area contributed by atoms with Crippen molar-refractivity contribution >= 4 is 11.3 Å². The van der Waals surface area contributed by atoms with Crippen molar-refractivity contribution in [2.75, 3.05) is 19.7 Å². The largest absolute Gasteiger partial charge is 0.395 e. The molecule has 0 aromatic carbocycles. The first-order chi connectivity index (χ1) is 6.88. The van der Waals surface area contributed by atoms with Crippen LogP contribution >= 0.6 is 11.3 Å². The Labute approximate surface area is 88.4 Å². The molecule has 4 heteroatoms. The highest BCUT2D eigenvalue weighted by Gasteiger charge is 2.24. The summed E-state index contributed by atoms with van der Waals surface area (Å²) in [6, 6.07) is 0. The average molecular weight is 212 g/mol. The topological polar surface area (TPSA) is 36.4 Å². The molecule has 1 saturated carbocycles. The third kappa shape index (κ3) is 3.04. The van der Waals surface area contributed by atoms with Crippen molar-refractivity contribution in [2.45, 2.75) is 19.4 Å². The Bertz CT molecular complexity index is 259. The lowest BCUT2D eigenvalue weighted by atomic mass is 10.3. The molecule has 1 fully saturated rings. The van der Waals surface area contributed by atoms with Crippen LogP contribution in [0.2, 0.25) is 0 Å². The summed E-state index contributed by atoms with van der Waals surface area (Å²) in [7, 11) is 0. The Balaban J connectivity index is 1.82. The van der Waals surface area contributed by atoms with E-state index in [0.717, 1.165) is 31.2 Å². The molecule has 1 aliphatic rings. The molecular formula is C10H16N2OS. The maximum absolute atomic E-state index is 8.94. The van der Waals surface area contributed by atoms with Gasteiger partial charge in [0.15, 0.2) is 0 Å². The smallest absolute Gasteiger partial charge is 0.0795 e. The summed E-state index contributed by atoms with van der Waals surface area (Å²) in [6.07, 6.45) is 2.72. The molecule has 0 aliphatic heterocycles. The second kappa shape index (κ2) is 4.87. The highest BCUT2D eigenvalue weighted by Crippen LogP contribution is 2.29. The summed E-state index contributed by atoms with van der Waals surface area (Å²) < 4.78 is 0. The van der Waals surface area contributed by atoms with Gasteiger partial charge in [0.1, 0.15) is 0 Å². The molecule has 0 amide bonds. The number of aromatic nitrogens is 1. The number of rotatable bonds is 6. The monoisotopic (exact) mass is 212 g/mol. The molecule has 1 heterocycles. The van der Waals surface area contributed by atoms with E-state index >= 15 is 0 Å². The Morgan fingerprint density at radius 2 is 2.43 bits per heavy atom. The van der Waals surface area contributed by atoms with Crippen molar-refractivity contribution in [1.29, 1.82) is 0 Å². The number of hydrogen-bond acceptors (Lipinski definition) is 4. The molecule has 0 spiro atoms. The average Bonchev–Trinajstić information content (AvgIpc) is 2.81. The number of aliphatic hydroxyl groups is 1. The molecule has 78 valence electrons. The highest BCUT2D eigenvalue weighted by atomic mass is 32.1. The van der Waals surface area contributed by atoms with Gasteiger partial charge in [-0.15, -0.1) is 11.3 Å². The minimum Gasteiger partial charge on any atom is -0.395 e. The summed E-state index contributed by atoms with van der Waals surface area (Å²) >= 11 is 1.63. The Morgan fingerprint density at radius 3 is 3.00 bits per heavy atom. The second-order valence-electron chi connectivity index (χ2n) is 3.88. The third-order valence-electron chi connectivity index (χ3n) is 2.50. The van der Waals surface area contributed by atoms with E-state index in [-0.39, 0.29) is 6.61 Å². The van der Waals surface area contributed by atoms with E-state index in [2.05, 4.69) is 15.3 Å². The van der Waals surface area contributed by atoms with Crippen LogP contribution in [0.25, 0.3) is 0 Å². The zero-order chi connectivity index (χ0) is 9.80. The van der Waals surface area contributed by atoms with Gasteiger partial charge < -0.3 is 5.11 Å². The number of hydrogen-bond donors (Lipinski definition) is 1. The maximum atomic E-state index is 8.94. The summed E-state index contributed by atoms with van der Waals surface area (Å²) in [5, 5.41) is 11.0. The lowest BCUT2D eigenvalue weighted by Crippen LogP contribution is -2.28. The molecule has 2 rings (SSSR count). The Hall–Kier alpha value is -0.450. The van der Waals surface area contributed by atoms with Crippen molar-refractivity contribution in [3.05, 3.63) is 16.6 Å². The van der Waals surface area contributed by atoms with Crippen molar-refractivity contribution < 1.29 is 5.11 Å². The van der Waals surface area contributed by atoms with E-state index in [4.69, 9.17) is 5.11 Å². The summed E-state index contributed by atoms with van der Waals surface area (Å²) in [4.78, 5) is 6.56. The van der Waals surface area contributed by atoms with Crippen LogP contribution in [0.5, 0.6) is 0 Å². The van der Waals surface area contributed by atoms with Crippen LogP contribution < -0.4 is 0 Å². The van der Waals surface area contributed by atoms with E-state index in [0.29, 0.717) is 0 Å². The van der Waals surface area contributed by atoms with Crippen molar-refractivity contribution in [1.82, 2.24) is 9.88 Å². The molecule has 3 nitrogen and oxygen atoms in total. The maximum Gasteiger partial charge on any atom is 0.0795 e. The molecule has 0 bridgehead atoms. The Morgan fingerprint density at radius 1 is 1.57 bits per heavy atom. The van der Waals surface area contributed by atoms with Gasteiger partial charge in [0.05, 0.1) is 17.8 Å². The van der Waals surface area contributed by atoms with E-state index in [1.807, 2.05) is 5.51 Å². The van der Waals surface area contributed by atoms with Gasteiger partial charge in [-0.05, 0) is 18.8 Å². The van der Waals surface area contributed by atoms with E-state index in [1.54, 1.807) is 11.3 Å². The predicted octanol–water partition coefficient (Wildman–Crippen LogP) is 1.35. The van der Waals surface area contributed by atoms with E-state index < -0.39 is 0 Å². The first-order valence-electron chi connectivity index (χ1n) is 5.09. The Kier molecular flexibility index (Phi) is 3.50. The van der Waals surface area contributed by atoms with Crippen LogP contribution in [0.4, 0.5) is 0 Å². The minimum absolute atomic E-state index is 0.247. The normalized spacial score (nSPS) is 16.4. The van der Waals surface area contributed by atoms with Crippen LogP contribution in [-0.2, 0) is 6.54 Å². The number of nitrogens with zero attached hydrogens (tertiary/aromatic N) is 2. The zero-order valence-corrected chi connectivity index (χ0v) is 9.04. The molecule has 14 heavy (non-hydrogen) atoms. The minimum atomic E-state index is 0.247. The van der Waals surface area contributed by atoms with E-state index in [1.165, 1.54) is 12.8 Å². The van der Waals surface area contributed by atoms with Gasteiger partial charge in [-0.2, -0.15) is 0 Å². The van der Waals surface area contributed by atoms with E-state index in [9.17, 15) is 0 Å². The summed E-state index contributed by atoms with van der Waals surface area (Å²) in [6.45, 7) is 3.03. The van der Waals surface area contributed by atoms with Crippen LogP contribution in [0.15, 0.2) is 10.9 Å². The van der Waals surface area contributed by atoms with Crippen molar-refractivity contribution in [3.63, 3.8) is 0 Å². The van der Waals surface area contributed by atoms with Gasteiger partial charge in [0.2, 0.25) is 0 Å². The fraction of sp³-hybridized carbons (Fsp3) is 0.700. The first-order valence-corrected chi connectivity index (χ1v) is 6.03. The molecule has 1 aromatic rings. The molecule has 0 unspecified atom stereocenters. The predicted molar refractivity (Wildman–Crippen MR) is 57.2 cm³/mol. The lowest BCUT2D eigenvalue weighted by Gasteiger charge is -2.19. The van der Waals surface area contributed by atoms with Gasteiger partial charge in [-0.3, -0.25) is 4.90 Å². The quantitative estimate of drug-likeness (QED) is 0.773. The van der Waals surface area contributed by atoms with Crippen molar-refractivity contribution in [3.8, 4) is 0 Å². The van der Waals surface area contributed by atoms with Gasteiger partial charge in [0, 0.05) is 25.0 Å². The fourth-order valence-electron chi connectivity index (χ4n) is 1.59. The van der Waals surface area contributed by atoms with Gasteiger partial charge in [-0.1, -0.05) is 0 Å². The standard InChI is InChI=1S/C10H16N2OS/c13-4-3-12(5-9-1-2-9)6-10-7-14-8-11-10/h7-9,13H,1-6H2. The van der Waals surface area contributed by atoms with Crippen LogP contribution in [0.3, 0.4) is 0 Å². The molecule has 0 atom stereocenters. The molecule has 1 N–H and O–H groups in total. The molecule has 1 aromatic heterocycles. The van der Waals surface area contributed by atoms with Crippen LogP contribution in [0, 0.1) is 5.92 Å². The zero-order valence-electron chi connectivity index (χ0n) is 8.22. The van der Waals surface area contributed by atoms with Gasteiger partial charge >= 0.3 is 0 Å². The highest BCUT2D eigenvalue weighted by molar-refractivity contribution is 7.07. The third-order valence-corrected chi connectivity index (χ3v) is 3.13. The van der Waals surface area contributed by atoms with Crippen LogP contribution in [0.1, 0.15) is 18.5 Å². The van der Waals surface area contributed by atoms with Crippen LogP contribution in [-0.4, -0.2) is 34.7 Å². The molecular weight excluding hydrogens is 196 g/mol. The number of thiazole rings is 1. The van der Waals surface area contributed by atoms with Gasteiger partial charge in [0.25, 0.3) is 0 Å².